The van der Waals surface area contributed by atoms with Gasteiger partial charge in [0.25, 0.3) is 0 Å². The van der Waals surface area contributed by atoms with E-state index < -0.39 is 48.0 Å². The molecule has 4 atom stereocenters. The third kappa shape index (κ3) is 3.51. The van der Waals surface area contributed by atoms with Crippen molar-refractivity contribution in [1.82, 2.24) is 9.80 Å². The van der Waals surface area contributed by atoms with Crippen LogP contribution in [0.25, 0.3) is 0 Å². The summed E-state index contributed by atoms with van der Waals surface area (Å²) in [5, 5.41) is 16.7. The van der Waals surface area contributed by atoms with Crippen LogP contribution in [0.3, 0.4) is 0 Å². The number of amidine groups is 1. The maximum Gasteiger partial charge on any atom is 0.507 e. The molecular formula is C18H21N5O6. The van der Waals surface area contributed by atoms with E-state index in [1.54, 1.807) is 24.3 Å². The molecule has 0 aliphatic carbocycles. The smallest absolute Gasteiger partial charge is 0.450 e. The number of nitrogen functional groups attached to an aromatic ring is 1. The van der Waals surface area contributed by atoms with Gasteiger partial charge in [0, 0.05) is 25.6 Å². The standard InChI is InChI=1S/C18H21N5O6/c1-22-15(25)11-12(16(22)26)17(29-18(27)28)23(7-6-10(19)24)13(11)8-2-4-9(5-3-8)14(20)21/h2-5,11-13,17H,6-7H2,1H3,(H2,19,24)(H3,20,21)(H,27,28). The van der Waals surface area contributed by atoms with Crippen LogP contribution < -0.4 is 11.5 Å². The Labute approximate surface area is 165 Å². The van der Waals surface area contributed by atoms with Gasteiger partial charge in [-0.1, -0.05) is 24.3 Å². The monoisotopic (exact) mass is 403 g/mol. The van der Waals surface area contributed by atoms with Crippen LogP contribution in [0.2, 0.25) is 0 Å². The number of rotatable bonds is 6. The Morgan fingerprint density at radius 1 is 1.14 bits per heavy atom. The summed E-state index contributed by atoms with van der Waals surface area (Å²) in [6.07, 6.45) is -2.95. The summed E-state index contributed by atoms with van der Waals surface area (Å²) < 4.78 is 4.99. The Bertz CT molecular complexity index is 885. The quantitative estimate of drug-likeness (QED) is 0.211. The third-order valence-electron chi connectivity index (χ3n) is 5.35. The highest BCUT2D eigenvalue weighted by molar-refractivity contribution is 6.06. The molecule has 0 radical (unpaired) electrons. The number of fused-ring (bicyclic) bond motifs is 1. The lowest BCUT2D eigenvalue weighted by atomic mass is 9.88. The van der Waals surface area contributed by atoms with Crippen LogP contribution in [0.5, 0.6) is 0 Å². The van der Waals surface area contributed by atoms with Gasteiger partial charge >= 0.3 is 6.16 Å². The summed E-state index contributed by atoms with van der Waals surface area (Å²) in [6, 6.07) is 5.76. The van der Waals surface area contributed by atoms with Crippen LogP contribution in [0, 0.1) is 17.2 Å². The summed E-state index contributed by atoms with van der Waals surface area (Å²) in [4.78, 5) is 50.6. The van der Waals surface area contributed by atoms with Crippen LogP contribution in [0.1, 0.15) is 23.6 Å². The summed E-state index contributed by atoms with van der Waals surface area (Å²) in [5.74, 6) is -3.66. The number of ether oxygens (including phenoxy) is 1. The molecule has 0 bridgehead atoms. The molecule has 0 aromatic heterocycles. The maximum atomic E-state index is 12.8. The molecule has 3 amide bonds. The minimum Gasteiger partial charge on any atom is -0.450 e. The second-order valence-corrected chi connectivity index (χ2v) is 7.00. The van der Waals surface area contributed by atoms with Crippen molar-refractivity contribution in [3.8, 4) is 0 Å². The Morgan fingerprint density at radius 3 is 2.24 bits per heavy atom. The molecule has 0 saturated carbocycles. The molecule has 0 spiro atoms. The van der Waals surface area contributed by atoms with Gasteiger partial charge < -0.3 is 21.3 Å². The van der Waals surface area contributed by atoms with E-state index in [0.717, 1.165) is 4.90 Å². The van der Waals surface area contributed by atoms with Crippen molar-refractivity contribution in [2.75, 3.05) is 13.6 Å². The molecule has 6 N–H and O–H groups in total. The lowest BCUT2D eigenvalue weighted by molar-refractivity contribution is -0.142. The normalized spacial score (nSPS) is 26.4. The lowest BCUT2D eigenvalue weighted by Crippen LogP contribution is -2.44. The van der Waals surface area contributed by atoms with Gasteiger partial charge in [0.2, 0.25) is 17.7 Å². The summed E-state index contributed by atoms with van der Waals surface area (Å²) in [7, 11) is 1.34. The number of primary amides is 1. The number of amides is 3. The van der Waals surface area contributed by atoms with E-state index in [0.29, 0.717) is 11.1 Å². The number of imide groups is 1. The average molecular weight is 403 g/mol. The van der Waals surface area contributed by atoms with Crippen molar-refractivity contribution in [3.05, 3.63) is 35.4 Å². The summed E-state index contributed by atoms with van der Waals surface area (Å²) in [5.41, 5.74) is 11.8. The minimum atomic E-state index is -1.60. The van der Waals surface area contributed by atoms with Gasteiger partial charge in [-0.15, -0.1) is 0 Å². The molecule has 1 aromatic rings. The van der Waals surface area contributed by atoms with Crippen molar-refractivity contribution in [2.45, 2.75) is 18.7 Å². The maximum absolute atomic E-state index is 12.8. The van der Waals surface area contributed by atoms with E-state index >= 15 is 0 Å². The van der Waals surface area contributed by atoms with Crippen molar-refractivity contribution in [3.63, 3.8) is 0 Å². The predicted molar refractivity (Wildman–Crippen MR) is 98.4 cm³/mol. The number of benzene rings is 1. The van der Waals surface area contributed by atoms with E-state index in [2.05, 4.69) is 0 Å². The number of hydrogen-bond acceptors (Lipinski definition) is 7. The topological polar surface area (TPSA) is 180 Å². The molecule has 3 rings (SSSR count). The molecular weight excluding hydrogens is 382 g/mol. The molecule has 2 heterocycles. The minimum absolute atomic E-state index is 0.00365. The number of nitrogens with two attached hydrogens (primary N) is 2. The SMILES string of the molecule is CN1C(=O)C2C(C1=O)C(c1ccc(C(=N)N)cc1)N(CCC(N)=O)C2OC(=O)O. The van der Waals surface area contributed by atoms with Crippen LogP contribution >= 0.6 is 0 Å². The van der Waals surface area contributed by atoms with E-state index in [9.17, 15) is 24.3 Å². The molecule has 1 aromatic carbocycles. The van der Waals surface area contributed by atoms with Gasteiger partial charge in [0.05, 0.1) is 12.0 Å². The number of nitrogens with one attached hydrogen (secondary N) is 1. The highest BCUT2D eigenvalue weighted by Crippen LogP contribution is 2.49. The zero-order valence-electron chi connectivity index (χ0n) is 15.6. The Morgan fingerprint density at radius 2 is 1.72 bits per heavy atom. The van der Waals surface area contributed by atoms with E-state index in [4.69, 9.17) is 21.6 Å². The number of carbonyl (C=O) groups is 4. The van der Waals surface area contributed by atoms with Crippen molar-refractivity contribution >= 4 is 29.7 Å². The first-order valence-corrected chi connectivity index (χ1v) is 8.83. The summed E-state index contributed by atoms with van der Waals surface area (Å²) in [6.45, 7) is 0.00365. The molecule has 11 heteroatoms. The van der Waals surface area contributed by atoms with Crippen LogP contribution in [-0.4, -0.2) is 64.4 Å². The van der Waals surface area contributed by atoms with Crippen molar-refractivity contribution < 1.29 is 29.0 Å². The second kappa shape index (κ2) is 7.51. The van der Waals surface area contributed by atoms with Gasteiger partial charge in [0.15, 0.2) is 6.23 Å². The van der Waals surface area contributed by atoms with E-state index in [-0.39, 0.29) is 18.8 Å². The fourth-order valence-corrected chi connectivity index (χ4v) is 4.07. The molecule has 154 valence electrons. The first kappa shape index (κ1) is 20.3. The van der Waals surface area contributed by atoms with Crippen LogP contribution in [0.4, 0.5) is 4.79 Å². The first-order valence-electron chi connectivity index (χ1n) is 8.83. The highest BCUT2D eigenvalue weighted by atomic mass is 16.7. The molecule has 2 fully saturated rings. The average Bonchev–Trinajstić information content (AvgIpc) is 3.08. The zero-order chi connectivity index (χ0) is 21.5. The second-order valence-electron chi connectivity index (χ2n) is 7.00. The van der Waals surface area contributed by atoms with Crippen LogP contribution in [0.15, 0.2) is 24.3 Å². The molecule has 2 saturated heterocycles. The van der Waals surface area contributed by atoms with Gasteiger partial charge in [0.1, 0.15) is 11.8 Å². The van der Waals surface area contributed by atoms with Crippen LogP contribution in [-0.2, 0) is 19.1 Å². The van der Waals surface area contributed by atoms with Gasteiger partial charge in [-0.05, 0) is 5.56 Å². The van der Waals surface area contributed by atoms with Gasteiger partial charge in [-0.3, -0.25) is 29.6 Å². The molecule has 2 aliphatic rings. The molecule has 2 aliphatic heterocycles. The van der Waals surface area contributed by atoms with Crippen molar-refractivity contribution in [2.24, 2.45) is 23.3 Å². The summed E-state index contributed by atoms with van der Waals surface area (Å²) >= 11 is 0. The molecule has 11 nitrogen and oxygen atoms in total. The lowest BCUT2D eigenvalue weighted by Gasteiger charge is -2.31. The predicted octanol–water partition coefficient (Wildman–Crippen LogP) is -0.546. The van der Waals surface area contributed by atoms with E-state index in [1.165, 1.54) is 11.9 Å². The van der Waals surface area contributed by atoms with E-state index in [1.807, 2.05) is 0 Å². The fraction of sp³-hybridized carbons (Fsp3) is 0.389. The Hall–Kier alpha value is -3.47. The third-order valence-corrected chi connectivity index (χ3v) is 5.35. The number of likely N-dealkylation sites (tertiary alicyclic amines) is 2. The van der Waals surface area contributed by atoms with Crippen molar-refractivity contribution in [1.29, 1.82) is 5.41 Å². The number of nitrogens with zero attached hydrogens (tertiary/aromatic N) is 2. The highest BCUT2D eigenvalue weighted by Gasteiger charge is 2.63. The molecule has 4 unspecified atom stereocenters. The largest absolute Gasteiger partial charge is 0.507 e. The first-order chi connectivity index (χ1) is 13.6. The Balaban J connectivity index is 2.08. The Kier molecular flexibility index (Phi) is 5.25. The van der Waals surface area contributed by atoms with Gasteiger partial charge in [-0.25, -0.2) is 4.79 Å². The van der Waals surface area contributed by atoms with Gasteiger partial charge in [-0.2, -0.15) is 0 Å². The number of carboxylic acid groups (broad SMARTS) is 1. The zero-order valence-corrected chi connectivity index (χ0v) is 15.6. The molecule has 29 heavy (non-hydrogen) atoms. The number of carbonyl (C=O) groups excluding carboxylic acids is 3. The fourth-order valence-electron chi connectivity index (χ4n) is 4.07. The number of hydrogen-bond donors (Lipinski definition) is 4.